The Morgan fingerprint density at radius 3 is 2.76 bits per heavy atom. The smallest absolute Gasteiger partial charge is 0.271 e. The third kappa shape index (κ3) is 4.12. The van der Waals surface area contributed by atoms with Crippen molar-refractivity contribution in [1.29, 1.82) is 0 Å². The number of carbonyl (C=O) groups excluding carboxylic acids is 1. The number of thiazole rings is 1. The van der Waals surface area contributed by atoms with Crippen molar-refractivity contribution in [2.45, 2.75) is 13.0 Å². The second-order valence-corrected chi connectivity index (χ2v) is 6.70. The highest BCUT2D eigenvalue weighted by molar-refractivity contribution is 7.13. The Morgan fingerprint density at radius 1 is 1.36 bits per heavy atom. The molecule has 0 unspecified atom stereocenters. The van der Waals surface area contributed by atoms with Crippen LogP contribution in [0.25, 0.3) is 0 Å². The Balaban J connectivity index is 1.57. The van der Waals surface area contributed by atoms with Gasteiger partial charge in [-0.3, -0.25) is 19.8 Å². The van der Waals surface area contributed by atoms with Gasteiger partial charge in [-0.2, -0.15) is 0 Å². The minimum Gasteiger partial charge on any atom is -0.369 e. The van der Waals surface area contributed by atoms with Crippen LogP contribution in [0.1, 0.15) is 6.92 Å². The first-order chi connectivity index (χ1) is 12.0. The van der Waals surface area contributed by atoms with Crippen molar-refractivity contribution < 1.29 is 9.72 Å². The van der Waals surface area contributed by atoms with Crippen molar-refractivity contribution in [1.82, 2.24) is 9.88 Å². The van der Waals surface area contributed by atoms with Crippen LogP contribution in [0.15, 0.2) is 35.8 Å². The van der Waals surface area contributed by atoms with Crippen molar-refractivity contribution >= 4 is 33.8 Å². The van der Waals surface area contributed by atoms with Gasteiger partial charge >= 0.3 is 0 Å². The normalized spacial score (nSPS) is 16.4. The lowest BCUT2D eigenvalue weighted by molar-refractivity contribution is -0.384. The number of nitrogens with one attached hydrogen (secondary N) is 1. The van der Waals surface area contributed by atoms with Gasteiger partial charge in [-0.05, 0) is 13.0 Å². The number of aromatic nitrogens is 1. The zero-order valence-electron chi connectivity index (χ0n) is 13.8. The van der Waals surface area contributed by atoms with Crippen LogP contribution in [0.3, 0.4) is 0 Å². The molecule has 2 aromatic rings. The number of hydrogen-bond acceptors (Lipinski definition) is 7. The SMILES string of the molecule is C[C@H](C(=O)Nc1nccs1)N1CCN(c2cccc([N+](=O)[O-])c2)CC1. The van der Waals surface area contributed by atoms with Crippen molar-refractivity contribution in [3.05, 3.63) is 46.0 Å². The first kappa shape index (κ1) is 17.3. The Labute approximate surface area is 149 Å². The standard InChI is InChI=1S/C16H19N5O3S/c1-12(15(22)18-16-17-5-10-25-16)19-6-8-20(9-7-19)13-3-2-4-14(11-13)21(23)24/h2-5,10-12H,6-9H2,1H3,(H,17,18,22)/t12-/m1/s1. The van der Waals surface area contributed by atoms with Crippen LogP contribution in [0.4, 0.5) is 16.5 Å². The lowest BCUT2D eigenvalue weighted by Crippen LogP contribution is -2.52. The summed E-state index contributed by atoms with van der Waals surface area (Å²) in [5.41, 5.74) is 0.935. The van der Waals surface area contributed by atoms with Gasteiger partial charge in [0.1, 0.15) is 0 Å². The number of nitrogens with zero attached hydrogens (tertiary/aromatic N) is 4. The predicted octanol–water partition coefficient (Wildman–Crippen LogP) is 2.20. The van der Waals surface area contributed by atoms with E-state index in [1.165, 1.54) is 17.4 Å². The van der Waals surface area contributed by atoms with Crippen molar-refractivity contribution in [3.63, 3.8) is 0 Å². The highest BCUT2D eigenvalue weighted by Gasteiger charge is 2.26. The average Bonchev–Trinajstić information content (AvgIpc) is 3.14. The fourth-order valence-corrected chi connectivity index (χ4v) is 3.36. The van der Waals surface area contributed by atoms with Crippen LogP contribution >= 0.6 is 11.3 Å². The predicted molar refractivity (Wildman–Crippen MR) is 97.1 cm³/mol. The molecule has 1 saturated heterocycles. The number of anilines is 2. The maximum absolute atomic E-state index is 12.3. The lowest BCUT2D eigenvalue weighted by atomic mass is 10.2. The van der Waals surface area contributed by atoms with Gasteiger partial charge in [-0.15, -0.1) is 11.3 Å². The zero-order valence-corrected chi connectivity index (χ0v) is 14.6. The molecule has 0 aliphatic carbocycles. The second-order valence-electron chi connectivity index (χ2n) is 5.80. The molecule has 1 aliphatic heterocycles. The molecule has 1 aromatic carbocycles. The third-order valence-corrected chi connectivity index (χ3v) is 5.00. The van der Waals surface area contributed by atoms with Crippen molar-refractivity contribution in [2.24, 2.45) is 0 Å². The lowest BCUT2D eigenvalue weighted by Gasteiger charge is -2.38. The largest absolute Gasteiger partial charge is 0.369 e. The number of benzene rings is 1. The van der Waals surface area contributed by atoms with E-state index in [0.29, 0.717) is 5.13 Å². The number of nitro benzene ring substituents is 1. The fourth-order valence-electron chi connectivity index (χ4n) is 2.83. The Morgan fingerprint density at radius 2 is 2.12 bits per heavy atom. The van der Waals surface area contributed by atoms with Crippen LogP contribution in [-0.2, 0) is 4.79 Å². The number of non-ortho nitro benzene ring substituents is 1. The van der Waals surface area contributed by atoms with Gasteiger partial charge in [0.05, 0.1) is 11.0 Å². The summed E-state index contributed by atoms with van der Waals surface area (Å²) in [6.07, 6.45) is 1.66. The van der Waals surface area contributed by atoms with E-state index in [1.54, 1.807) is 18.3 Å². The summed E-state index contributed by atoms with van der Waals surface area (Å²) < 4.78 is 0. The van der Waals surface area contributed by atoms with Gasteiger partial charge in [0.25, 0.3) is 5.69 Å². The molecule has 25 heavy (non-hydrogen) atoms. The number of carbonyl (C=O) groups is 1. The molecule has 3 rings (SSSR count). The van der Waals surface area contributed by atoms with Crippen molar-refractivity contribution in [3.8, 4) is 0 Å². The zero-order chi connectivity index (χ0) is 17.8. The molecule has 1 amide bonds. The molecule has 0 saturated carbocycles. The van der Waals surface area contributed by atoms with E-state index in [1.807, 2.05) is 18.4 Å². The van der Waals surface area contributed by atoms with Gasteiger partial charge in [0.15, 0.2) is 5.13 Å². The van der Waals surface area contributed by atoms with Gasteiger partial charge in [-0.25, -0.2) is 4.98 Å². The van der Waals surface area contributed by atoms with E-state index < -0.39 is 0 Å². The topological polar surface area (TPSA) is 91.6 Å². The van der Waals surface area contributed by atoms with Crippen LogP contribution in [0, 0.1) is 10.1 Å². The molecule has 0 bridgehead atoms. The monoisotopic (exact) mass is 361 g/mol. The molecular weight excluding hydrogens is 342 g/mol. The van der Waals surface area contributed by atoms with Crippen LogP contribution < -0.4 is 10.2 Å². The quantitative estimate of drug-likeness (QED) is 0.648. The molecule has 1 N–H and O–H groups in total. The maximum atomic E-state index is 12.3. The first-order valence-electron chi connectivity index (χ1n) is 7.98. The second kappa shape index (κ2) is 7.58. The summed E-state index contributed by atoms with van der Waals surface area (Å²) in [6, 6.07) is 6.40. The number of amides is 1. The number of hydrogen-bond donors (Lipinski definition) is 1. The summed E-state index contributed by atoms with van der Waals surface area (Å²) in [7, 11) is 0. The van der Waals surface area contributed by atoms with E-state index in [4.69, 9.17) is 0 Å². The average molecular weight is 361 g/mol. The van der Waals surface area contributed by atoms with Gasteiger partial charge < -0.3 is 10.2 Å². The summed E-state index contributed by atoms with van der Waals surface area (Å²) >= 11 is 1.39. The number of rotatable bonds is 5. The Kier molecular flexibility index (Phi) is 5.25. The van der Waals surface area contributed by atoms with Crippen molar-refractivity contribution in [2.75, 3.05) is 36.4 Å². The van der Waals surface area contributed by atoms with E-state index >= 15 is 0 Å². The molecule has 0 spiro atoms. The van der Waals surface area contributed by atoms with Gasteiger partial charge in [0.2, 0.25) is 5.91 Å². The molecule has 1 fully saturated rings. The Hall–Kier alpha value is -2.52. The summed E-state index contributed by atoms with van der Waals surface area (Å²) in [4.78, 5) is 31.1. The molecule has 132 valence electrons. The maximum Gasteiger partial charge on any atom is 0.271 e. The minimum absolute atomic E-state index is 0.0706. The van der Waals surface area contributed by atoms with E-state index in [-0.39, 0.29) is 22.6 Å². The van der Waals surface area contributed by atoms with Gasteiger partial charge in [0, 0.05) is 55.6 Å². The van der Waals surface area contributed by atoms with E-state index in [0.717, 1.165) is 31.9 Å². The Bertz CT molecular complexity index is 744. The molecule has 8 nitrogen and oxygen atoms in total. The number of piperazine rings is 1. The molecular formula is C16H19N5O3S. The van der Waals surface area contributed by atoms with Crippen LogP contribution in [0.5, 0.6) is 0 Å². The molecule has 2 heterocycles. The summed E-state index contributed by atoms with van der Waals surface area (Å²) in [5, 5.41) is 16.2. The summed E-state index contributed by atoms with van der Waals surface area (Å²) in [5.74, 6) is -0.0706. The molecule has 1 aliphatic rings. The number of nitro groups is 1. The highest BCUT2D eigenvalue weighted by Crippen LogP contribution is 2.22. The van der Waals surface area contributed by atoms with Crippen LogP contribution in [-0.4, -0.2) is 52.9 Å². The third-order valence-electron chi connectivity index (χ3n) is 4.31. The van der Waals surface area contributed by atoms with E-state index in [2.05, 4.69) is 20.1 Å². The van der Waals surface area contributed by atoms with Gasteiger partial charge in [-0.1, -0.05) is 6.07 Å². The molecule has 9 heteroatoms. The van der Waals surface area contributed by atoms with E-state index in [9.17, 15) is 14.9 Å². The highest BCUT2D eigenvalue weighted by atomic mass is 32.1. The first-order valence-corrected chi connectivity index (χ1v) is 8.86. The fraction of sp³-hybridized carbons (Fsp3) is 0.375. The molecule has 0 radical (unpaired) electrons. The molecule has 1 atom stereocenters. The minimum atomic E-state index is -0.384. The van der Waals surface area contributed by atoms with Crippen LogP contribution in [0.2, 0.25) is 0 Å². The molecule has 1 aromatic heterocycles. The summed E-state index contributed by atoms with van der Waals surface area (Å²) in [6.45, 7) is 4.75.